The minimum absolute atomic E-state index is 0.0690. The molecule has 1 aliphatic heterocycles. The highest BCUT2D eigenvalue weighted by atomic mass is 16.6. The van der Waals surface area contributed by atoms with Gasteiger partial charge >= 0.3 is 6.09 Å². The molecule has 1 heterocycles. The first-order valence-corrected chi connectivity index (χ1v) is 11.4. The summed E-state index contributed by atoms with van der Waals surface area (Å²) in [4.78, 5) is 16.9. The van der Waals surface area contributed by atoms with Gasteiger partial charge in [0.05, 0.1) is 0 Å². The van der Waals surface area contributed by atoms with E-state index in [4.69, 9.17) is 10.5 Å². The molecule has 5 nitrogen and oxygen atoms in total. The predicted molar refractivity (Wildman–Crippen MR) is 116 cm³/mol. The molecule has 2 N–H and O–H groups in total. The summed E-state index contributed by atoms with van der Waals surface area (Å²) in [5.41, 5.74) is 8.57. The summed E-state index contributed by atoms with van der Waals surface area (Å²) in [5, 5.41) is 0. The molecular weight excluding hydrogens is 362 g/mol. The summed E-state index contributed by atoms with van der Waals surface area (Å²) in [5.74, 6) is 0.710. The van der Waals surface area contributed by atoms with E-state index in [1.807, 2.05) is 25.7 Å². The Kier molecular flexibility index (Phi) is 5.64. The summed E-state index contributed by atoms with van der Waals surface area (Å²) < 4.78 is 5.56. The number of piperazine rings is 1. The maximum absolute atomic E-state index is 12.4. The molecule has 0 bridgehead atoms. The van der Waals surface area contributed by atoms with Crippen molar-refractivity contribution in [2.24, 2.45) is 11.7 Å². The van der Waals surface area contributed by atoms with Crippen molar-refractivity contribution in [1.29, 1.82) is 0 Å². The average Bonchev–Trinajstić information content (AvgIpc) is 3.21. The van der Waals surface area contributed by atoms with E-state index in [9.17, 15) is 4.79 Å². The second-order valence-electron chi connectivity index (χ2n) is 10.3. The molecule has 0 spiro atoms. The van der Waals surface area contributed by atoms with E-state index in [-0.39, 0.29) is 11.6 Å². The van der Waals surface area contributed by atoms with Crippen LogP contribution in [0.2, 0.25) is 0 Å². The highest BCUT2D eigenvalue weighted by Gasteiger charge is 2.40. The molecule has 2 aliphatic carbocycles. The molecule has 0 aromatic heterocycles. The lowest BCUT2D eigenvalue weighted by Gasteiger charge is -2.42. The zero-order chi connectivity index (χ0) is 20.6. The van der Waals surface area contributed by atoms with Gasteiger partial charge in [-0.1, -0.05) is 37.1 Å². The van der Waals surface area contributed by atoms with E-state index >= 15 is 0 Å². The Balaban J connectivity index is 1.45. The van der Waals surface area contributed by atoms with Crippen molar-refractivity contribution in [2.75, 3.05) is 26.2 Å². The Morgan fingerprint density at radius 1 is 1.07 bits per heavy atom. The highest BCUT2D eigenvalue weighted by molar-refractivity contribution is 5.68. The van der Waals surface area contributed by atoms with Crippen LogP contribution in [-0.2, 0) is 10.3 Å². The van der Waals surface area contributed by atoms with Crippen molar-refractivity contribution < 1.29 is 9.53 Å². The molecule has 4 rings (SSSR count). The van der Waals surface area contributed by atoms with Crippen LogP contribution in [0.25, 0.3) is 0 Å². The summed E-state index contributed by atoms with van der Waals surface area (Å²) in [6.07, 6.45) is 7.30. The minimum atomic E-state index is -0.440. The summed E-state index contributed by atoms with van der Waals surface area (Å²) in [7, 11) is 0. The molecule has 1 saturated heterocycles. The predicted octanol–water partition coefficient (Wildman–Crippen LogP) is 4.42. The van der Waals surface area contributed by atoms with Gasteiger partial charge in [-0.3, -0.25) is 4.90 Å². The first-order valence-electron chi connectivity index (χ1n) is 11.4. The van der Waals surface area contributed by atoms with Crippen LogP contribution >= 0.6 is 0 Å². The molecule has 160 valence electrons. The quantitative estimate of drug-likeness (QED) is 0.814. The van der Waals surface area contributed by atoms with Gasteiger partial charge in [-0.2, -0.15) is 0 Å². The number of nitrogens with two attached hydrogens (primary N) is 1. The third-order valence-electron chi connectivity index (χ3n) is 6.82. The van der Waals surface area contributed by atoms with E-state index < -0.39 is 5.60 Å². The Labute approximate surface area is 175 Å². The van der Waals surface area contributed by atoms with Gasteiger partial charge in [-0.05, 0) is 63.5 Å². The Morgan fingerprint density at radius 2 is 1.66 bits per heavy atom. The SMILES string of the molecule is CC(C)(C)OC(=O)N1CCN(C(c2ccc(C3(N)CC3)cc2)C2CCCC2)CC1. The Morgan fingerprint density at radius 3 is 2.17 bits per heavy atom. The molecule has 1 atom stereocenters. The van der Waals surface area contributed by atoms with Crippen molar-refractivity contribution in [3.63, 3.8) is 0 Å². The number of ether oxygens (including phenoxy) is 1. The van der Waals surface area contributed by atoms with Gasteiger partial charge in [0.25, 0.3) is 0 Å². The van der Waals surface area contributed by atoms with Crippen LogP contribution in [0, 0.1) is 5.92 Å². The zero-order valence-corrected chi connectivity index (χ0v) is 18.3. The van der Waals surface area contributed by atoms with Crippen LogP contribution in [0.4, 0.5) is 4.79 Å². The van der Waals surface area contributed by atoms with Crippen LogP contribution in [0.5, 0.6) is 0 Å². The molecular formula is C24H37N3O2. The van der Waals surface area contributed by atoms with Crippen LogP contribution in [0.1, 0.15) is 76.5 Å². The Hall–Kier alpha value is -1.59. The maximum atomic E-state index is 12.4. The van der Waals surface area contributed by atoms with Crippen molar-refractivity contribution >= 4 is 6.09 Å². The lowest BCUT2D eigenvalue weighted by Crippen LogP contribution is -2.51. The lowest BCUT2D eigenvalue weighted by molar-refractivity contribution is 0.00646. The monoisotopic (exact) mass is 399 g/mol. The number of carbonyl (C=O) groups excluding carboxylic acids is 1. The number of rotatable bonds is 4. The Bertz CT molecular complexity index is 707. The van der Waals surface area contributed by atoms with Crippen molar-refractivity contribution in [3.8, 4) is 0 Å². The molecule has 3 aliphatic rings. The maximum Gasteiger partial charge on any atom is 0.410 e. The summed E-state index contributed by atoms with van der Waals surface area (Å²) >= 11 is 0. The van der Waals surface area contributed by atoms with E-state index in [1.54, 1.807) is 0 Å². The van der Waals surface area contributed by atoms with Gasteiger partial charge in [0.1, 0.15) is 5.60 Å². The zero-order valence-electron chi connectivity index (χ0n) is 18.3. The first kappa shape index (κ1) is 20.7. The van der Waals surface area contributed by atoms with Crippen LogP contribution in [0.15, 0.2) is 24.3 Å². The summed E-state index contributed by atoms with van der Waals surface area (Å²) in [6, 6.07) is 9.57. The molecule has 1 amide bonds. The average molecular weight is 400 g/mol. The van der Waals surface area contributed by atoms with E-state index in [1.165, 1.54) is 36.8 Å². The lowest BCUT2D eigenvalue weighted by atomic mass is 9.88. The molecule has 2 saturated carbocycles. The van der Waals surface area contributed by atoms with E-state index in [2.05, 4.69) is 29.2 Å². The molecule has 0 radical (unpaired) electrons. The number of benzene rings is 1. The van der Waals surface area contributed by atoms with Gasteiger partial charge in [0.2, 0.25) is 0 Å². The third kappa shape index (κ3) is 4.77. The molecule has 5 heteroatoms. The second-order valence-corrected chi connectivity index (χ2v) is 10.3. The fourth-order valence-corrected chi connectivity index (χ4v) is 5.00. The smallest absolute Gasteiger partial charge is 0.410 e. The van der Waals surface area contributed by atoms with Gasteiger partial charge in [-0.15, -0.1) is 0 Å². The van der Waals surface area contributed by atoms with E-state index in [0.29, 0.717) is 12.0 Å². The fraction of sp³-hybridized carbons (Fsp3) is 0.708. The van der Waals surface area contributed by atoms with Crippen LogP contribution in [0.3, 0.4) is 0 Å². The topological polar surface area (TPSA) is 58.8 Å². The largest absolute Gasteiger partial charge is 0.444 e. The number of hydrogen-bond donors (Lipinski definition) is 1. The molecule has 1 aromatic rings. The normalized spacial score (nSPS) is 23.8. The van der Waals surface area contributed by atoms with Crippen molar-refractivity contribution in [2.45, 2.75) is 76.5 Å². The molecule has 3 fully saturated rings. The molecule has 1 unspecified atom stereocenters. The highest BCUT2D eigenvalue weighted by Crippen LogP contribution is 2.44. The third-order valence-corrected chi connectivity index (χ3v) is 6.82. The fourth-order valence-electron chi connectivity index (χ4n) is 5.00. The summed E-state index contributed by atoms with van der Waals surface area (Å²) in [6.45, 7) is 9.06. The minimum Gasteiger partial charge on any atom is -0.444 e. The van der Waals surface area contributed by atoms with Gasteiger partial charge in [0, 0.05) is 37.8 Å². The van der Waals surface area contributed by atoms with Crippen LogP contribution < -0.4 is 5.73 Å². The number of nitrogens with zero attached hydrogens (tertiary/aromatic N) is 2. The van der Waals surface area contributed by atoms with Crippen LogP contribution in [-0.4, -0.2) is 47.7 Å². The van der Waals surface area contributed by atoms with Gasteiger partial charge in [-0.25, -0.2) is 4.79 Å². The van der Waals surface area contributed by atoms with Crippen molar-refractivity contribution in [1.82, 2.24) is 9.80 Å². The number of carbonyl (C=O) groups is 1. The van der Waals surface area contributed by atoms with Crippen molar-refractivity contribution in [3.05, 3.63) is 35.4 Å². The molecule has 29 heavy (non-hydrogen) atoms. The van der Waals surface area contributed by atoms with E-state index in [0.717, 1.165) is 39.0 Å². The first-order chi connectivity index (χ1) is 13.8. The number of amides is 1. The van der Waals surface area contributed by atoms with Gasteiger partial charge < -0.3 is 15.4 Å². The molecule has 1 aromatic carbocycles. The number of hydrogen-bond acceptors (Lipinski definition) is 4. The van der Waals surface area contributed by atoms with Gasteiger partial charge in [0.15, 0.2) is 0 Å². The second kappa shape index (κ2) is 7.92. The standard InChI is InChI=1S/C24H37N3O2/c1-23(2,3)29-22(28)27-16-14-26(15-17-27)21(18-6-4-5-7-18)19-8-10-20(11-9-19)24(25)12-13-24/h8-11,18,21H,4-7,12-17,25H2,1-3H3.